The highest BCUT2D eigenvalue weighted by Gasteiger charge is 2.39. The van der Waals surface area contributed by atoms with Crippen LogP contribution in [0, 0.1) is 0 Å². The van der Waals surface area contributed by atoms with Crippen LogP contribution in [0.15, 0.2) is 5.11 Å². The smallest absolute Gasteiger partial charge is 0.329 e. The Morgan fingerprint density at radius 2 is 2.38 bits per heavy atom. The first kappa shape index (κ1) is 12.3. The van der Waals surface area contributed by atoms with E-state index in [2.05, 4.69) is 10.0 Å². The van der Waals surface area contributed by atoms with Crippen LogP contribution in [-0.4, -0.2) is 52.2 Å². The molecule has 0 bridgehead atoms. The van der Waals surface area contributed by atoms with Crippen LogP contribution in [-0.2, 0) is 9.59 Å². The average molecular weight is 228 g/mol. The molecule has 0 saturated carbocycles. The van der Waals surface area contributed by atoms with Crippen molar-refractivity contribution in [1.29, 1.82) is 0 Å². The topological polar surface area (TPSA) is 127 Å². The summed E-state index contributed by atoms with van der Waals surface area (Å²) in [6, 6.07) is -1.24. The molecule has 1 amide bonds. The van der Waals surface area contributed by atoms with Gasteiger partial charge in [0.2, 0.25) is 5.91 Å². The van der Waals surface area contributed by atoms with Crippen LogP contribution in [0.5, 0.6) is 0 Å². The van der Waals surface area contributed by atoms with E-state index >= 15 is 0 Å². The standard InChI is InChI=1S/C8H12N4O4/c9-11-10-3-1-5(13)7(8(15)16)12-4-2-6(12)14/h5,7,13H,1-4H2,(H,15,16). The van der Waals surface area contributed by atoms with Crippen LogP contribution in [0.2, 0.25) is 0 Å². The van der Waals surface area contributed by atoms with E-state index in [4.69, 9.17) is 10.6 Å². The predicted molar refractivity (Wildman–Crippen MR) is 52.4 cm³/mol. The molecule has 1 saturated heterocycles. The highest BCUT2D eigenvalue weighted by molar-refractivity contribution is 5.87. The Labute approximate surface area is 91.1 Å². The molecule has 0 aromatic rings. The van der Waals surface area contributed by atoms with Crippen LogP contribution in [0.1, 0.15) is 12.8 Å². The number of aliphatic hydroxyl groups is 1. The number of aliphatic carboxylic acids is 1. The number of aliphatic hydroxyl groups excluding tert-OH is 1. The molecule has 2 N–H and O–H groups in total. The molecular formula is C8H12N4O4. The molecule has 16 heavy (non-hydrogen) atoms. The zero-order valence-electron chi connectivity index (χ0n) is 8.48. The summed E-state index contributed by atoms with van der Waals surface area (Å²) in [5.41, 5.74) is 8.03. The summed E-state index contributed by atoms with van der Waals surface area (Å²) < 4.78 is 0. The summed E-state index contributed by atoms with van der Waals surface area (Å²) >= 11 is 0. The van der Waals surface area contributed by atoms with Crippen molar-refractivity contribution in [3.63, 3.8) is 0 Å². The molecule has 1 rings (SSSR count). The molecule has 0 spiro atoms. The second-order valence-corrected chi connectivity index (χ2v) is 3.43. The molecule has 8 nitrogen and oxygen atoms in total. The van der Waals surface area contributed by atoms with Gasteiger partial charge in [-0.15, -0.1) is 0 Å². The van der Waals surface area contributed by atoms with E-state index in [1.165, 1.54) is 0 Å². The Hall–Kier alpha value is -1.79. The number of rotatable bonds is 6. The quantitative estimate of drug-likeness (QED) is 0.281. The van der Waals surface area contributed by atoms with Gasteiger partial charge in [-0.1, -0.05) is 5.11 Å². The van der Waals surface area contributed by atoms with E-state index < -0.39 is 18.1 Å². The Morgan fingerprint density at radius 3 is 2.75 bits per heavy atom. The van der Waals surface area contributed by atoms with Gasteiger partial charge in [0.05, 0.1) is 6.10 Å². The fraction of sp³-hybridized carbons (Fsp3) is 0.750. The van der Waals surface area contributed by atoms with Gasteiger partial charge in [-0.25, -0.2) is 4.79 Å². The van der Waals surface area contributed by atoms with Crippen molar-refractivity contribution >= 4 is 11.9 Å². The van der Waals surface area contributed by atoms with Gasteiger partial charge in [-0.05, 0) is 12.0 Å². The minimum absolute atomic E-state index is 0.00345. The van der Waals surface area contributed by atoms with Gasteiger partial charge in [0.1, 0.15) is 0 Å². The Balaban J connectivity index is 2.58. The molecule has 1 fully saturated rings. The largest absolute Gasteiger partial charge is 0.480 e. The summed E-state index contributed by atoms with van der Waals surface area (Å²) in [5.74, 6) is -1.53. The van der Waals surface area contributed by atoms with Crippen molar-refractivity contribution < 1.29 is 19.8 Å². The van der Waals surface area contributed by atoms with Crippen molar-refractivity contribution in [2.45, 2.75) is 25.0 Å². The lowest BCUT2D eigenvalue weighted by molar-refractivity contribution is -0.162. The first-order chi connectivity index (χ1) is 7.57. The van der Waals surface area contributed by atoms with Gasteiger partial charge in [-0.3, -0.25) is 4.79 Å². The zero-order valence-corrected chi connectivity index (χ0v) is 8.48. The van der Waals surface area contributed by atoms with E-state index in [0.717, 1.165) is 4.90 Å². The van der Waals surface area contributed by atoms with Crippen LogP contribution in [0.4, 0.5) is 0 Å². The maximum absolute atomic E-state index is 11.1. The van der Waals surface area contributed by atoms with E-state index in [1.54, 1.807) is 0 Å². The lowest BCUT2D eigenvalue weighted by atomic mass is 10.0. The molecule has 1 aliphatic heterocycles. The summed E-state index contributed by atoms with van der Waals surface area (Å²) in [5, 5.41) is 21.7. The fourth-order valence-corrected chi connectivity index (χ4v) is 1.52. The monoisotopic (exact) mass is 228 g/mol. The average Bonchev–Trinajstić information content (AvgIpc) is 2.23. The minimum atomic E-state index is -1.25. The van der Waals surface area contributed by atoms with Crippen LogP contribution >= 0.6 is 0 Å². The third-order valence-corrected chi connectivity index (χ3v) is 2.43. The minimum Gasteiger partial charge on any atom is -0.480 e. The van der Waals surface area contributed by atoms with E-state index in [-0.39, 0.29) is 18.9 Å². The van der Waals surface area contributed by atoms with E-state index in [0.29, 0.717) is 13.0 Å². The number of carbonyl (C=O) groups excluding carboxylic acids is 1. The number of likely N-dealkylation sites (tertiary alicyclic amines) is 1. The van der Waals surface area contributed by atoms with Crippen molar-refractivity contribution in [2.75, 3.05) is 13.1 Å². The number of nitrogens with zero attached hydrogens (tertiary/aromatic N) is 4. The lowest BCUT2D eigenvalue weighted by Crippen LogP contribution is -2.58. The number of hydrogen-bond donors (Lipinski definition) is 2. The van der Waals surface area contributed by atoms with Gasteiger partial charge in [0.25, 0.3) is 0 Å². The second-order valence-electron chi connectivity index (χ2n) is 3.43. The zero-order chi connectivity index (χ0) is 12.1. The molecule has 0 aliphatic carbocycles. The van der Waals surface area contributed by atoms with Crippen molar-refractivity contribution in [3.05, 3.63) is 10.4 Å². The molecule has 2 unspecified atom stereocenters. The van der Waals surface area contributed by atoms with Gasteiger partial charge >= 0.3 is 5.97 Å². The number of amides is 1. The molecule has 0 aromatic carbocycles. The first-order valence-electron chi connectivity index (χ1n) is 4.79. The molecule has 1 aliphatic rings. The van der Waals surface area contributed by atoms with Gasteiger partial charge in [0, 0.05) is 24.4 Å². The van der Waals surface area contributed by atoms with Gasteiger partial charge in [-0.2, -0.15) is 0 Å². The molecule has 1 heterocycles. The second kappa shape index (κ2) is 5.34. The summed E-state index contributed by atoms with van der Waals surface area (Å²) in [6.07, 6.45) is -0.885. The maximum Gasteiger partial charge on any atom is 0.329 e. The predicted octanol–water partition coefficient (Wildman–Crippen LogP) is -0.267. The summed E-state index contributed by atoms with van der Waals surface area (Å²) in [7, 11) is 0. The molecule has 0 aromatic heterocycles. The van der Waals surface area contributed by atoms with E-state index in [9.17, 15) is 14.7 Å². The van der Waals surface area contributed by atoms with Gasteiger partial charge in [0.15, 0.2) is 6.04 Å². The fourth-order valence-electron chi connectivity index (χ4n) is 1.52. The highest BCUT2D eigenvalue weighted by atomic mass is 16.4. The number of carbonyl (C=O) groups is 2. The molecule has 2 atom stereocenters. The molecule has 88 valence electrons. The molecule has 0 radical (unpaired) electrons. The van der Waals surface area contributed by atoms with Crippen LogP contribution < -0.4 is 0 Å². The highest BCUT2D eigenvalue weighted by Crippen LogP contribution is 2.18. The summed E-state index contributed by atoms with van der Waals surface area (Å²) in [6.45, 7) is 0.345. The number of β-lactam (4-membered cyclic amide) rings is 1. The van der Waals surface area contributed by atoms with Crippen LogP contribution in [0.3, 0.4) is 0 Å². The van der Waals surface area contributed by atoms with Crippen molar-refractivity contribution in [1.82, 2.24) is 4.90 Å². The van der Waals surface area contributed by atoms with Gasteiger partial charge < -0.3 is 15.1 Å². The lowest BCUT2D eigenvalue weighted by Gasteiger charge is -2.37. The summed E-state index contributed by atoms with van der Waals surface area (Å²) in [4.78, 5) is 25.6. The Bertz CT molecular complexity index is 339. The number of azide groups is 1. The van der Waals surface area contributed by atoms with Crippen molar-refractivity contribution in [3.8, 4) is 0 Å². The molecule has 8 heteroatoms. The third kappa shape index (κ3) is 2.62. The number of carboxylic acid groups (broad SMARTS) is 1. The third-order valence-electron chi connectivity index (χ3n) is 2.43. The van der Waals surface area contributed by atoms with Crippen LogP contribution in [0.25, 0.3) is 10.4 Å². The van der Waals surface area contributed by atoms with Crippen molar-refractivity contribution in [2.24, 2.45) is 5.11 Å². The number of carboxylic acids is 1. The Kier molecular flexibility index (Phi) is 4.10. The number of hydrogen-bond acceptors (Lipinski definition) is 4. The first-order valence-corrected chi connectivity index (χ1v) is 4.79. The Morgan fingerprint density at radius 1 is 1.69 bits per heavy atom. The van der Waals surface area contributed by atoms with E-state index in [1.807, 2.05) is 0 Å². The molecular weight excluding hydrogens is 216 g/mol. The maximum atomic E-state index is 11.1. The SMILES string of the molecule is [N-]=[N+]=NCCC(O)C(C(=O)O)N1CCC1=O. The normalized spacial score (nSPS) is 18.3.